The maximum atomic E-state index is 11.5. The zero-order valence-corrected chi connectivity index (χ0v) is 11.7. The van der Waals surface area contributed by atoms with E-state index in [4.69, 9.17) is 4.74 Å². The summed E-state index contributed by atoms with van der Waals surface area (Å²) < 4.78 is 5.78. The summed E-state index contributed by atoms with van der Waals surface area (Å²) in [6.07, 6.45) is 4.99. The van der Waals surface area contributed by atoms with E-state index in [1.54, 1.807) is 7.05 Å². The smallest absolute Gasteiger partial charge is 0.239 e. The molecule has 6 heteroatoms. The highest BCUT2D eigenvalue weighted by atomic mass is 16.5. The van der Waals surface area contributed by atoms with Crippen molar-refractivity contribution in [2.75, 3.05) is 20.1 Å². The predicted octanol–water partition coefficient (Wildman–Crippen LogP) is -0.00250. The Morgan fingerprint density at radius 1 is 1.37 bits per heavy atom. The third kappa shape index (κ3) is 3.83. The van der Waals surface area contributed by atoms with Crippen LogP contribution in [0, 0.1) is 0 Å². The first-order valence-electron chi connectivity index (χ1n) is 7.12. The van der Waals surface area contributed by atoms with Crippen molar-refractivity contribution in [3.63, 3.8) is 0 Å². The molecule has 3 N–H and O–H groups in total. The first-order chi connectivity index (χ1) is 9.22. The minimum absolute atomic E-state index is 0.00556. The molecule has 2 aliphatic rings. The monoisotopic (exact) mass is 268 g/mol. The van der Waals surface area contributed by atoms with Crippen LogP contribution in [0.2, 0.25) is 0 Å². The summed E-state index contributed by atoms with van der Waals surface area (Å²) >= 11 is 0. The minimum Gasteiger partial charge on any atom is -0.373 e. The molecule has 6 nitrogen and oxygen atoms in total. The Labute approximate surface area is 114 Å². The zero-order valence-electron chi connectivity index (χ0n) is 11.7. The molecule has 0 aliphatic carbocycles. The third-order valence-corrected chi connectivity index (χ3v) is 3.64. The van der Waals surface area contributed by atoms with Crippen LogP contribution in [0.25, 0.3) is 0 Å². The first-order valence-corrected chi connectivity index (χ1v) is 7.12. The van der Waals surface area contributed by atoms with Crippen LogP contribution in [0.1, 0.15) is 32.6 Å². The van der Waals surface area contributed by atoms with Gasteiger partial charge < -0.3 is 20.7 Å². The van der Waals surface area contributed by atoms with Crippen LogP contribution in [0.4, 0.5) is 0 Å². The van der Waals surface area contributed by atoms with E-state index in [9.17, 15) is 4.79 Å². The molecule has 19 heavy (non-hydrogen) atoms. The lowest BCUT2D eigenvalue weighted by Gasteiger charge is -2.22. The Bertz CT molecular complexity index is 346. The number of fused-ring (bicyclic) bond motifs is 2. The fourth-order valence-electron chi connectivity index (χ4n) is 2.65. The number of nitrogens with zero attached hydrogens (tertiary/aromatic N) is 1. The standard InChI is InChI=1S/C13H24N4O2/c1-3-6-15-12(18)8-16-13(14-2)17-10-7-9-4-5-11(10)19-9/h9-11H,3-8H2,1-2H3,(H,15,18)(H2,14,16,17). The number of rotatable bonds is 5. The van der Waals surface area contributed by atoms with Crippen molar-refractivity contribution >= 4 is 11.9 Å². The van der Waals surface area contributed by atoms with Crippen molar-refractivity contribution in [3.8, 4) is 0 Å². The number of hydrogen-bond acceptors (Lipinski definition) is 3. The lowest BCUT2D eigenvalue weighted by atomic mass is 9.96. The Morgan fingerprint density at radius 2 is 2.21 bits per heavy atom. The fraction of sp³-hybridized carbons (Fsp3) is 0.846. The van der Waals surface area contributed by atoms with Crippen LogP contribution in [0.3, 0.4) is 0 Å². The quantitative estimate of drug-likeness (QED) is 0.484. The molecule has 2 saturated heterocycles. The molecule has 2 heterocycles. The number of ether oxygens (including phenoxy) is 1. The molecule has 1 amide bonds. The highest BCUT2D eigenvalue weighted by Gasteiger charge is 2.41. The van der Waals surface area contributed by atoms with Crippen molar-refractivity contribution in [2.45, 2.75) is 50.9 Å². The number of amides is 1. The maximum Gasteiger partial charge on any atom is 0.239 e. The Hall–Kier alpha value is -1.30. The van der Waals surface area contributed by atoms with Gasteiger partial charge in [-0.25, -0.2) is 0 Å². The van der Waals surface area contributed by atoms with Crippen LogP contribution < -0.4 is 16.0 Å². The van der Waals surface area contributed by atoms with Gasteiger partial charge >= 0.3 is 0 Å². The van der Waals surface area contributed by atoms with E-state index in [1.807, 2.05) is 6.92 Å². The van der Waals surface area contributed by atoms with E-state index < -0.39 is 0 Å². The molecule has 2 bridgehead atoms. The van der Waals surface area contributed by atoms with Crippen LogP contribution in [0.15, 0.2) is 4.99 Å². The summed E-state index contributed by atoms with van der Waals surface area (Å²) in [5.41, 5.74) is 0. The highest BCUT2D eigenvalue weighted by molar-refractivity contribution is 5.86. The van der Waals surface area contributed by atoms with Gasteiger partial charge in [0.25, 0.3) is 0 Å². The van der Waals surface area contributed by atoms with Crippen LogP contribution >= 0.6 is 0 Å². The number of carbonyl (C=O) groups is 1. The number of aliphatic imine (C=N–C) groups is 1. The number of nitrogens with one attached hydrogen (secondary N) is 3. The van der Waals surface area contributed by atoms with E-state index in [2.05, 4.69) is 20.9 Å². The summed E-state index contributed by atoms with van der Waals surface area (Å²) in [7, 11) is 1.72. The van der Waals surface area contributed by atoms with Gasteiger partial charge in [0.2, 0.25) is 5.91 Å². The molecule has 2 rings (SSSR count). The lowest BCUT2D eigenvalue weighted by molar-refractivity contribution is -0.120. The van der Waals surface area contributed by atoms with Crippen molar-refractivity contribution in [2.24, 2.45) is 4.99 Å². The molecule has 0 spiro atoms. The number of guanidine groups is 1. The molecule has 2 aliphatic heterocycles. The highest BCUT2D eigenvalue weighted by Crippen LogP contribution is 2.34. The molecule has 0 saturated carbocycles. The fourth-order valence-corrected chi connectivity index (χ4v) is 2.65. The molecule has 0 radical (unpaired) electrons. The molecule has 108 valence electrons. The van der Waals surface area contributed by atoms with E-state index in [1.165, 1.54) is 6.42 Å². The molecule has 2 fully saturated rings. The van der Waals surface area contributed by atoms with Gasteiger partial charge in [-0.3, -0.25) is 9.79 Å². The van der Waals surface area contributed by atoms with Crippen LogP contribution in [-0.2, 0) is 9.53 Å². The van der Waals surface area contributed by atoms with Gasteiger partial charge in [-0.2, -0.15) is 0 Å². The molecular weight excluding hydrogens is 244 g/mol. The summed E-state index contributed by atoms with van der Waals surface area (Å²) in [6, 6.07) is 0.323. The largest absolute Gasteiger partial charge is 0.373 e. The summed E-state index contributed by atoms with van der Waals surface area (Å²) in [5, 5.41) is 9.20. The van der Waals surface area contributed by atoms with Gasteiger partial charge in [-0.15, -0.1) is 0 Å². The third-order valence-electron chi connectivity index (χ3n) is 3.64. The van der Waals surface area contributed by atoms with Gasteiger partial charge in [0.1, 0.15) is 0 Å². The SMILES string of the molecule is CCCNC(=O)CNC(=NC)NC1CC2CCC1O2. The van der Waals surface area contributed by atoms with Crippen LogP contribution in [-0.4, -0.2) is 50.3 Å². The van der Waals surface area contributed by atoms with Crippen molar-refractivity contribution in [1.82, 2.24) is 16.0 Å². The normalized spacial score (nSPS) is 29.4. The zero-order chi connectivity index (χ0) is 13.7. The summed E-state index contributed by atoms with van der Waals surface area (Å²) in [4.78, 5) is 15.7. The van der Waals surface area contributed by atoms with E-state index in [0.717, 1.165) is 19.3 Å². The maximum absolute atomic E-state index is 11.5. The molecule has 3 unspecified atom stereocenters. The van der Waals surface area contributed by atoms with Crippen molar-refractivity contribution in [1.29, 1.82) is 0 Å². The number of carbonyl (C=O) groups excluding carboxylic acids is 1. The summed E-state index contributed by atoms with van der Waals surface area (Å²) in [6.45, 7) is 3.00. The van der Waals surface area contributed by atoms with Gasteiger partial charge in [-0.05, 0) is 25.7 Å². The molecule has 3 atom stereocenters. The van der Waals surface area contributed by atoms with Crippen molar-refractivity contribution in [3.05, 3.63) is 0 Å². The second-order valence-corrected chi connectivity index (χ2v) is 5.14. The average Bonchev–Trinajstić information content (AvgIpc) is 3.03. The summed E-state index contributed by atoms with van der Waals surface area (Å²) in [5.74, 6) is 0.668. The van der Waals surface area contributed by atoms with E-state index >= 15 is 0 Å². The average molecular weight is 268 g/mol. The van der Waals surface area contributed by atoms with Gasteiger partial charge in [0, 0.05) is 13.6 Å². The first kappa shape index (κ1) is 14.1. The Balaban J connectivity index is 1.70. The van der Waals surface area contributed by atoms with Gasteiger partial charge in [0.15, 0.2) is 5.96 Å². The minimum atomic E-state index is -0.00556. The molecule has 0 aromatic heterocycles. The Morgan fingerprint density at radius 3 is 2.79 bits per heavy atom. The molecule has 0 aromatic carbocycles. The Kier molecular flexibility index (Phi) is 5.01. The van der Waals surface area contributed by atoms with E-state index in [-0.39, 0.29) is 12.5 Å². The van der Waals surface area contributed by atoms with Gasteiger partial charge in [0.05, 0.1) is 24.8 Å². The van der Waals surface area contributed by atoms with Crippen molar-refractivity contribution < 1.29 is 9.53 Å². The second kappa shape index (κ2) is 6.75. The van der Waals surface area contributed by atoms with Gasteiger partial charge in [-0.1, -0.05) is 6.92 Å². The second-order valence-electron chi connectivity index (χ2n) is 5.14. The topological polar surface area (TPSA) is 74.8 Å². The molecule has 0 aromatic rings. The van der Waals surface area contributed by atoms with E-state index in [0.29, 0.717) is 30.8 Å². The number of hydrogen-bond donors (Lipinski definition) is 3. The predicted molar refractivity (Wildman–Crippen MR) is 74.1 cm³/mol. The van der Waals surface area contributed by atoms with Crippen LogP contribution in [0.5, 0.6) is 0 Å². The lowest BCUT2D eigenvalue weighted by Crippen LogP contribution is -2.49. The molecular formula is C13H24N4O2.